The molecule has 94 valence electrons. The molecule has 0 radical (unpaired) electrons. The number of esters is 1. The average molecular weight is 238 g/mol. The Hall–Kier alpha value is -1.03. The van der Waals surface area contributed by atoms with Gasteiger partial charge in [-0.3, -0.25) is 4.79 Å². The molecule has 1 aliphatic heterocycles. The highest BCUT2D eigenvalue weighted by molar-refractivity contribution is 5.77. The lowest BCUT2D eigenvalue weighted by molar-refractivity contribution is -0.145. The summed E-state index contributed by atoms with van der Waals surface area (Å²) < 4.78 is 11.0. The number of aliphatic hydroxyl groups is 1. The summed E-state index contributed by atoms with van der Waals surface area (Å²) in [7, 11) is 0. The predicted octanol–water partition coefficient (Wildman–Crippen LogP) is 1.38. The summed E-state index contributed by atoms with van der Waals surface area (Å²) in [6.07, 6.45) is 1.89. The van der Waals surface area contributed by atoms with Gasteiger partial charge in [-0.05, 0) is 20.3 Å². The molecule has 0 aromatic carbocycles. The fourth-order valence-corrected chi connectivity index (χ4v) is 3.66. The van der Waals surface area contributed by atoms with Gasteiger partial charge in [0.05, 0.1) is 23.9 Å². The molecule has 1 saturated carbocycles. The quantitative estimate of drug-likeness (QED) is 0.738. The van der Waals surface area contributed by atoms with Gasteiger partial charge >= 0.3 is 5.97 Å². The summed E-state index contributed by atoms with van der Waals surface area (Å²) in [5.41, 5.74) is 0.0469. The van der Waals surface area contributed by atoms with Gasteiger partial charge in [-0.25, -0.2) is 0 Å². The molecule has 0 aromatic rings. The van der Waals surface area contributed by atoms with Crippen molar-refractivity contribution >= 4 is 5.97 Å². The number of carbonyl (C=O) groups is 1. The Bertz CT molecular complexity index is 396. The molecule has 3 aliphatic rings. The van der Waals surface area contributed by atoms with Gasteiger partial charge in [0.25, 0.3) is 0 Å². The molecule has 1 heterocycles. The maximum Gasteiger partial charge on any atom is 0.310 e. The number of hydrogen-bond acceptors (Lipinski definition) is 4. The van der Waals surface area contributed by atoms with Crippen LogP contribution in [0.4, 0.5) is 0 Å². The zero-order valence-electron chi connectivity index (χ0n) is 10.2. The summed E-state index contributed by atoms with van der Waals surface area (Å²) in [5.74, 6) is 0.782. The van der Waals surface area contributed by atoms with Crippen molar-refractivity contribution in [1.29, 1.82) is 0 Å². The van der Waals surface area contributed by atoms with Gasteiger partial charge in [0.1, 0.15) is 6.10 Å². The van der Waals surface area contributed by atoms with Crippen molar-refractivity contribution in [2.24, 2.45) is 11.8 Å². The Balaban J connectivity index is 2.06. The minimum Gasteiger partial charge on any atom is -0.498 e. The molecule has 0 aromatic heterocycles. The van der Waals surface area contributed by atoms with Crippen LogP contribution < -0.4 is 0 Å². The van der Waals surface area contributed by atoms with Gasteiger partial charge in [0, 0.05) is 24.3 Å². The van der Waals surface area contributed by atoms with E-state index in [0.29, 0.717) is 13.0 Å². The van der Waals surface area contributed by atoms with Gasteiger partial charge in [0.2, 0.25) is 0 Å². The maximum absolute atomic E-state index is 11.7. The van der Waals surface area contributed by atoms with Gasteiger partial charge < -0.3 is 14.6 Å². The second kappa shape index (κ2) is 3.48. The smallest absolute Gasteiger partial charge is 0.310 e. The number of allylic oxidation sites excluding steroid dienone is 1. The van der Waals surface area contributed by atoms with E-state index >= 15 is 0 Å². The summed E-state index contributed by atoms with van der Waals surface area (Å²) >= 11 is 0. The van der Waals surface area contributed by atoms with Crippen molar-refractivity contribution in [2.75, 3.05) is 6.61 Å². The van der Waals surface area contributed by atoms with Crippen LogP contribution in [0.15, 0.2) is 11.3 Å². The molecule has 2 aliphatic carbocycles. The molecule has 1 N–H and O–H groups in total. The highest BCUT2D eigenvalue weighted by Crippen LogP contribution is 2.54. The standard InChI is InChI=1S/C13H18O4/c1-3-16-8-5-4-7-10-9(17-12(7)14)6-13(2,15)11(8)10/h7,9-10,15H,3-6H2,1-2H3/t7-,9+,10+,13-/m1/s1. The molecule has 4 heteroatoms. The molecule has 4 nitrogen and oxygen atoms in total. The molecular weight excluding hydrogens is 220 g/mol. The van der Waals surface area contributed by atoms with E-state index in [1.165, 1.54) is 0 Å². The summed E-state index contributed by atoms with van der Waals surface area (Å²) in [6.45, 7) is 4.35. The lowest BCUT2D eigenvalue weighted by Crippen LogP contribution is -2.32. The lowest BCUT2D eigenvalue weighted by Gasteiger charge is -2.30. The third-order valence-electron chi connectivity index (χ3n) is 4.22. The van der Waals surface area contributed by atoms with E-state index in [4.69, 9.17) is 9.47 Å². The number of ether oxygens (including phenoxy) is 2. The zero-order valence-corrected chi connectivity index (χ0v) is 10.2. The number of hydrogen-bond donors (Lipinski definition) is 1. The Morgan fingerprint density at radius 2 is 2.35 bits per heavy atom. The Morgan fingerprint density at radius 1 is 1.59 bits per heavy atom. The highest BCUT2D eigenvalue weighted by atomic mass is 16.6. The molecule has 0 bridgehead atoms. The molecular formula is C13H18O4. The molecule has 4 atom stereocenters. The van der Waals surface area contributed by atoms with Gasteiger partial charge in [-0.2, -0.15) is 0 Å². The summed E-state index contributed by atoms with van der Waals surface area (Å²) in [5, 5.41) is 10.5. The molecule has 2 fully saturated rings. The molecule has 1 saturated heterocycles. The second-order valence-corrected chi connectivity index (χ2v) is 5.39. The topological polar surface area (TPSA) is 55.8 Å². The third-order valence-corrected chi connectivity index (χ3v) is 4.22. The van der Waals surface area contributed by atoms with Crippen LogP contribution in [-0.4, -0.2) is 29.4 Å². The fraction of sp³-hybridized carbons (Fsp3) is 0.769. The zero-order chi connectivity index (χ0) is 12.2. The van der Waals surface area contributed by atoms with Crippen molar-refractivity contribution in [3.63, 3.8) is 0 Å². The predicted molar refractivity (Wildman–Crippen MR) is 60.0 cm³/mol. The first-order valence-electron chi connectivity index (χ1n) is 6.34. The lowest BCUT2D eigenvalue weighted by atomic mass is 9.77. The largest absolute Gasteiger partial charge is 0.498 e. The van der Waals surface area contributed by atoms with Crippen LogP contribution in [-0.2, 0) is 14.3 Å². The monoisotopic (exact) mass is 238 g/mol. The van der Waals surface area contributed by atoms with Crippen molar-refractivity contribution in [3.05, 3.63) is 11.3 Å². The van der Waals surface area contributed by atoms with Crippen LogP contribution in [0.5, 0.6) is 0 Å². The van der Waals surface area contributed by atoms with Crippen LogP contribution in [0, 0.1) is 11.8 Å². The second-order valence-electron chi connectivity index (χ2n) is 5.39. The van der Waals surface area contributed by atoms with Crippen molar-refractivity contribution in [2.45, 2.75) is 44.8 Å². The van der Waals surface area contributed by atoms with Gasteiger partial charge in [-0.1, -0.05) is 0 Å². The van der Waals surface area contributed by atoms with Crippen molar-refractivity contribution in [1.82, 2.24) is 0 Å². The van der Waals surface area contributed by atoms with Crippen LogP contribution in [0.3, 0.4) is 0 Å². The fourth-order valence-electron chi connectivity index (χ4n) is 3.66. The first-order chi connectivity index (χ1) is 8.04. The molecule has 0 unspecified atom stereocenters. The molecule has 0 spiro atoms. The van der Waals surface area contributed by atoms with E-state index in [9.17, 15) is 9.90 Å². The number of rotatable bonds is 2. The third kappa shape index (κ3) is 1.43. The molecule has 17 heavy (non-hydrogen) atoms. The Labute approximate surface area is 101 Å². The first kappa shape index (κ1) is 11.1. The van der Waals surface area contributed by atoms with E-state index < -0.39 is 5.60 Å². The Kier molecular flexibility index (Phi) is 2.27. The van der Waals surface area contributed by atoms with Gasteiger partial charge in [-0.15, -0.1) is 0 Å². The van der Waals surface area contributed by atoms with Crippen LogP contribution in [0.1, 0.15) is 33.1 Å². The van der Waals surface area contributed by atoms with E-state index in [1.807, 2.05) is 6.92 Å². The minimum atomic E-state index is -0.876. The van der Waals surface area contributed by atoms with E-state index in [2.05, 4.69) is 0 Å². The van der Waals surface area contributed by atoms with Crippen molar-refractivity contribution in [3.8, 4) is 0 Å². The average Bonchev–Trinajstić information content (AvgIpc) is 2.68. The van der Waals surface area contributed by atoms with Crippen LogP contribution in [0.2, 0.25) is 0 Å². The van der Waals surface area contributed by atoms with Crippen molar-refractivity contribution < 1.29 is 19.4 Å². The first-order valence-corrected chi connectivity index (χ1v) is 6.34. The van der Waals surface area contributed by atoms with Gasteiger partial charge in [0.15, 0.2) is 0 Å². The van der Waals surface area contributed by atoms with E-state index in [1.54, 1.807) is 6.92 Å². The summed E-state index contributed by atoms with van der Waals surface area (Å²) in [6, 6.07) is 0. The van der Waals surface area contributed by atoms with E-state index in [0.717, 1.165) is 24.2 Å². The maximum atomic E-state index is 11.7. The Morgan fingerprint density at radius 3 is 3.06 bits per heavy atom. The minimum absolute atomic E-state index is 0.0489. The van der Waals surface area contributed by atoms with E-state index in [-0.39, 0.29) is 23.9 Å². The normalized spacial score (nSPS) is 43.7. The SMILES string of the molecule is CCOC1=C2[C@@H]3[C@H](C[C@@]2(C)O)OC(=O)[C@@H]3CC1. The molecule has 0 amide bonds. The molecule has 3 rings (SSSR count). The number of carbonyl (C=O) groups excluding carboxylic acids is 1. The van der Waals surface area contributed by atoms with Crippen LogP contribution >= 0.6 is 0 Å². The van der Waals surface area contributed by atoms with Crippen LogP contribution in [0.25, 0.3) is 0 Å². The summed E-state index contributed by atoms with van der Waals surface area (Å²) in [4.78, 5) is 11.7. The highest BCUT2D eigenvalue weighted by Gasteiger charge is 2.59.